The fourth-order valence-corrected chi connectivity index (χ4v) is 2.93. The molecular weight excluding hydrogens is 352 g/mol. The van der Waals surface area contributed by atoms with Crippen LogP contribution >= 0.6 is 0 Å². The van der Waals surface area contributed by atoms with Crippen molar-refractivity contribution in [1.82, 2.24) is 9.55 Å². The quantitative estimate of drug-likeness (QED) is 0.644. The summed E-state index contributed by atoms with van der Waals surface area (Å²) < 4.78 is 12.9. The van der Waals surface area contributed by atoms with E-state index in [-0.39, 0.29) is 6.61 Å². The van der Waals surface area contributed by atoms with Crippen LogP contribution in [0.3, 0.4) is 0 Å². The molecule has 1 fully saturated rings. The lowest BCUT2D eigenvalue weighted by Crippen LogP contribution is -2.48. The largest absolute Gasteiger partial charge is 0.394 e. The van der Waals surface area contributed by atoms with Crippen LogP contribution in [0.25, 0.3) is 0 Å². The first-order valence-electron chi connectivity index (χ1n) is 9.77. The van der Waals surface area contributed by atoms with Gasteiger partial charge in [0.25, 0.3) is 5.56 Å². The lowest BCUT2D eigenvalue weighted by atomic mass is 9.98. The molecule has 8 heteroatoms. The molecule has 0 aromatic carbocycles. The van der Waals surface area contributed by atoms with Crippen molar-refractivity contribution < 1.29 is 19.7 Å². The maximum absolute atomic E-state index is 12.1. The smallest absolute Gasteiger partial charge is 0.330 e. The van der Waals surface area contributed by atoms with Gasteiger partial charge >= 0.3 is 5.69 Å². The summed E-state index contributed by atoms with van der Waals surface area (Å²) in [5, 5.41) is 19.9. The topological polar surface area (TPSA) is 114 Å². The molecule has 0 bridgehead atoms. The van der Waals surface area contributed by atoms with Crippen LogP contribution in [0.1, 0.15) is 74.0 Å². The third-order valence-corrected chi connectivity index (χ3v) is 4.31. The minimum Gasteiger partial charge on any atom is -0.394 e. The van der Waals surface area contributed by atoms with Crippen molar-refractivity contribution in [3.63, 3.8) is 0 Å². The Morgan fingerprint density at radius 3 is 2.30 bits per heavy atom. The van der Waals surface area contributed by atoms with Gasteiger partial charge in [0.15, 0.2) is 12.0 Å². The molecule has 2 rings (SSSR count). The third-order valence-electron chi connectivity index (χ3n) is 4.31. The Morgan fingerprint density at radius 2 is 1.85 bits per heavy atom. The highest BCUT2D eigenvalue weighted by molar-refractivity contribution is 4.97. The van der Waals surface area contributed by atoms with Gasteiger partial charge in [-0.05, 0) is 19.8 Å². The van der Waals surface area contributed by atoms with Crippen molar-refractivity contribution in [3.05, 3.63) is 33.1 Å². The first kappa shape index (κ1) is 25.5. The summed E-state index contributed by atoms with van der Waals surface area (Å²) >= 11 is 0. The molecule has 3 unspecified atom stereocenters. The molecule has 1 aliphatic heterocycles. The first-order valence-corrected chi connectivity index (χ1v) is 9.77. The van der Waals surface area contributed by atoms with Crippen LogP contribution in [-0.4, -0.2) is 43.9 Å². The van der Waals surface area contributed by atoms with Gasteiger partial charge in [-0.2, -0.15) is 0 Å². The molecule has 0 spiro atoms. The summed E-state index contributed by atoms with van der Waals surface area (Å²) in [6, 6.07) is 1.21. The normalized spacial score (nSPS) is 24.5. The van der Waals surface area contributed by atoms with E-state index in [2.05, 4.69) is 4.98 Å². The van der Waals surface area contributed by atoms with Crippen LogP contribution in [0, 0.1) is 0 Å². The molecule has 3 atom stereocenters. The average Bonchev–Trinajstić information content (AvgIpc) is 3.01. The van der Waals surface area contributed by atoms with Gasteiger partial charge in [0, 0.05) is 18.7 Å². The minimum absolute atomic E-state index is 0.232. The standard InChI is InChI=1S/C15H24N2O6.2C2H6/c1-4-15(21,5-2)23-14(3)8-10(9-18)22-12(14)17-7-6-11(19)16-13(17)20;2*1-2/h6-7,10,12,18,21H,4-5,8-9H2,1-3H3,(H,16,19,20);2*1-2H3. The van der Waals surface area contributed by atoms with Crippen LogP contribution in [0.2, 0.25) is 0 Å². The predicted octanol–water partition coefficient (Wildman–Crippen LogP) is 2.15. The van der Waals surface area contributed by atoms with E-state index in [0.717, 1.165) is 0 Å². The summed E-state index contributed by atoms with van der Waals surface area (Å²) in [6.07, 6.45) is 0.980. The van der Waals surface area contributed by atoms with Crippen LogP contribution in [0.4, 0.5) is 0 Å². The molecule has 1 aromatic heterocycles. The molecular formula is C19H36N2O6. The van der Waals surface area contributed by atoms with Gasteiger partial charge in [0.05, 0.1) is 12.7 Å². The van der Waals surface area contributed by atoms with Crippen molar-refractivity contribution >= 4 is 0 Å². The highest BCUT2D eigenvalue weighted by Crippen LogP contribution is 2.43. The number of ether oxygens (including phenoxy) is 2. The Morgan fingerprint density at radius 1 is 1.30 bits per heavy atom. The molecule has 2 heterocycles. The second-order valence-electron chi connectivity index (χ2n) is 6.08. The van der Waals surface area contributed by atoms with E-state index in [0.29, 0.717) is 19.3 Å². The lowest BCUT2D eigenvalue weighted by molar-refractivity contribution is -0.283. The number of aliphatic hydroxyl groups excluding tert-OH is 1. The molecule has 0 amide bonds. The zero-order chi connectivity index (χ0) is 21.3. The summed E-state index contributed by atoms with van der Waals surface area (Å²) in [4.78, 5) is 25.5. The van der Waals surface area contributed by atoms with Crippen LogP contribution in [0.15, 0.2) is 21.9 Å². The number of aromatic amines is 1. The van der Waals surface area contributed by atoms with Crippen molar-refractivity contribution in [2.24, 2.45) is 0 Å². The molecule has 1 aliphatic rings. The molecule has 27 heavy (non-hydrogen) atoms. The second kappa shape index (κ2) is 11.4. The predicted molar refractivity (Wildman–Crippen MR) is 105 cm³/mol. The second-order valence-corrected chi connectivity index (χ2v) is 6.08. The molecule has 1 aromatic rings. The Hall–Kier alpha value is -1.48. The summed E-state index contributed by atoms with van der Waals surface area (Å²) in [5.41, 5.74) is -2.17. The lowest BCUT2D eigenvalue weighted by Gasteiger charge is -2.38. The van der Waals surface area contributed by atoms with E-state index in [1.807, 2.05) is 27.7 Å². The van der Waals surface area contributed by atoms with Gasteiger partial charge in [-0.15, -0.1) is 0 Å². The van der Waals surface area contributed by atoms with Gasteiger partial charge in [0.2, 0.25) is 0 Å². The summed E-state index contributed by atoms with van der Waals surface area (Å²) in [5.74, 6) is -1.35. The van der Waals surface area contributed by atoms with E-state index in [1.54, 1.807) is 20.8 Å². The fourth-order valence-electron chi connectivity index (χ4n) is 2.93. The number of rotatable bonds is 6. The maximum Gasteiger partial charge on any atom is 0.330 e. The van der Waals surface area contributed by atoms with E-state index in [9.17, 15) is 19.8 Å². The number of aliphatic hydroxyl groups is 2. The van der Waals surface area contributed by atoms with Gasteiger partial charge in [0.1, 0.15) is 5.60 Å². The van der Waals surface area contributed by atoms with Crippen molar-refractivity contribution in [3.8, 4) is 0 Å². The van der Waals surface area contributed by atoms with Gasteiger partial charge in [-0.1, -0.05) is 41.5 Å². The van der Waals surface area contributed by atoms with E-state index in [4.69, 9.17) is 9.47 Å². The molecule has 1 saturated heterocycles. The van der Waals surface area contributed by atoms with Crippen molar-refractivity contribution in [2.75, 3.05) is 6.61 Å². The van der Waals surface area contributed by atoms with E-state index >= 15 is 0 Å². The van der Waals surface area contributed by atoms with E-state index < -0.39 is 35.0 Å². The Balaban J connectivity index is 0.00000158. The molecule has 158 valence electrons. The number of hydrogen-bond donors (Lipinski definition) is 3. The highest BCUT2D eigenvalue weighted by Gasteiger charge is 2.51. The Kier molecular flexibility index (Phi) is 10.8. The number of H-pyrrole nitrogens is 1. The van der Waals surface area contributed by atoms with E-state index in [1.165, 1.54) is 16.8 Å². The van der Waals surface area contributed by atoms with Gasteiger partial charge in [-0.25, -0.2) is 4.79 Å². The van der Waals surface area contributed by atoms with Crippen molar-refractivity contribution in [2.45, 2.75) is 91.4 Å². The molecule has 3 N–H and O–H groups in total. The average molecular weight is 389 g/mol. The van der Waals surface area contributed by atoms with Crippen LogP contribution < -0.4 is 11.2 Å². The molecule has 0 saturated carbocycles. The highest BCUT2D eigenvalue weighted by atomic mass is 16.7. The maximum atomic E-state index is 12.1. The molecule has 8 nitrogen and oxygen atoms in total. The third kappa shape index (κ3) is 6.27. The Labute approximate surface area is 161 Å². The zero-order valence-electron chi connectivity index (χ0n) is 17.6. The number of aromatic nitrogens is 2. The number of nitrogens with zero attached hydrogens (tertiary/aromatic N) is 1. The van der Waals surface area contributed by atoms with Crippen LogP contribution in [0.5, 0.6) is 0 Å². The summed E-state index contributed by atoms with van der Waals surface area (Å²) in [7, 11) is 0. The SMILES string of the molecule is CC.CC.CCC(O)(CC)OC1(C)CC(CO)OC1n1ccc(=O)[nH]c1=O. The minimum atomic E-state index is -1.35. The Bertz CT molecular complexity index is 652. The van der Waals surface area contributed by atoms with Crippen LogP contribution in [-0.2, 0) is 9.47 Å². The van der Waals surface area contributed by atoms with Crippen molar-refractivity contribution in [1.29, 1.82) is 0 Å². The fraction of sp³-hybridized carbons (Fsp3) is 0.789. The number of nitrogens with one attached hydrogen (secondary N) is 1. The number of hydrogen-bond acceptors (Lipinski definition) is 6. The first-order chi connectivity index (χ1) is 12.8. The monoisotopic (exact) mass is 388 g/mol. The summed E-state index contributed by atoms with van der Waals surface area (Å²) in [6.45, 7) is 13.1. The van der Waals surface area contributed by atoms with Gasteiger partial charge in [-0.3, -0.25) is 14.3 Å². The zero-order valence-corrected chi connectivity index (χ0v) is 17.6. The van der Waals surface area contributed by atoms with Gasteiger partial charge < -0.3 is 19.7 Å². The molecule has 0 aliphatic carbocycles. The molecule has 0 radical (unpaired) electrons.